The van der Waals surface area contributed by atoms with Crippen molar-refractivity contribution in [2.45, 2.75) is 25.8 Å². The topological polar surface area (TPSA) is 49.8 Å². The lowest BCUT2D eigenvalue weighted by Crippen LogP contribution is -2.26. The van der Waals surface area contributed by atoms with Gasteiger partial charge in [-0.15, -0.1) is 11.3 Å². The van der Waals surface area contributed by atoms with Crippen LogP contribution in [0.5, 0.6) is 0 Å². The van der Waals surface area contributed by atoms with E-state index in [9.17, 15) is 0 Å². The first-order valence-electron chi connectivity index (χ1n) is 6.56. The van der Waals surface area contributed by atoms with Crippen LogP contribution in [0.2, 0.25) is 0 Å². The van der Waals surface area contributed by atoms with Crippen molar-refractivity contribution >= 4 is 45.1 Å². The molecule has 1 atom stereocenters. The third kappa shape index (κ3) is 2.79. The van der Waals surface area contributed by atoms with Gasteiger partial charge in [-0.2, -0.15) is 16.7 Å². The third-order valence-corrected chi connectivity index (χ3v) is 5.40. The molecule has 0 spiro atoms. The molecule has 4 nitrogen and oxygen atoms in total. The van der Waals surface area contributed by atoms with Gasteiger partial charge in [0.05, 0.1) is 5.39 Å². The van der Waals surface area contributed by atoms with Crippen molar-refractivity contribution in [2.24, 2.45) is 0 Å². The van der Waals surface area contributed by atoms with Crippen molar-refractivity contribution in [1.29, 1.82) is 0 Å². The van der Waals surface area contributed by atoms with Crippen molar-refractivity contribution in [3.8, 4) is 0 Å². The van der Waals surface area contributed by atoms with Crippen molar-refractivity contribution in [2.75, 3.05) is 29.2 Å². The molecule has 102 valence electrons. The highest BCUT2D eigenvalue weighted by Crippen LogP contribution is 2.31. The number of hydrogen-bond donors (Lipinski definition) is 2. The number of aryl methyl sites for hydroxylation is 1. The Hall–Kier alpha value is -1.01. The number of hydrogen-bond acceptors (Lipinski definition) is 6. The van der Waals surface area contributed by atoms with Crippen molar-refractivity contribution in [3.63, 3.8) is 0 Å². The van der Waals surface area contributed by atoms with Crippen LogP contribution in [0.15, 0.2) is 6.07 Å². The van der Waals surface area contributed by atoms with E-state index in [1.165, 1.54) is 29.2 Å². The van der Waals surface area contributed by atoms with Gasteiger partial charge in [-0.25, -0.2) is 4.98 Å². The Labute approximate surface area is 121 Å². The van der Waals surface area contributed by atoms with Crippen LogP contribution in [0, 0.1) is 6.92 Å². The number of thioether (sulfide) groups is 1. The molecule has 1 aliphatic rings. The van der Waals surface area contributed by atoms with Crippen LogP contribution in [0.25, 0.3) is 10.2 Å². The Morgan fingerprint density at radius 1 is 1.37 bits per heavy atom. The second-order valence-electron chi connectivity index (χ2n) is 4.78. The molecule has 2 aromatic heterocycles. The molecule has 1 saturated heterocycles. The van der Waals surface area contributed by atoms with Gasteiger partial charge >= 0.3 is 0 Å². The Morgan fingerprint density at radius 3 is 3.00 bits per heavy atom. The van der Waals surface area contributed by atoms with Gasteiger partial charge in [0, 0.05) is 23.7 Å². The molecular formula is C13H18N4S2. The van der Waals surface area contributed by atoms with Gasteiger partial charge in [-0.1, -0.05) is 0 Å². The fourth-order valence-electron chi connectivity index (χ4n) is 2.31. The van der Waals surface area contributed by atoms with Crippen LogP contribution in [0.4, 0.5) is 11.8 Å². The van der Waals surface area contributed by atoms with E-state index in [2.05, 4.69) is 33.6 Å². The minimum Gasteiger partial charge on any atom is -0.366 e. The Balaban J connectivity index is 1.95. The standard InChI is InChI=1S/C13H18N4S2/c1-8-6-10-11(15-9-4-3-5-18-7-9)16-13(14-2)17-12(10)19-8/h6,9H,3-5,7H2,1-2H3,(H2,14,15,16,17). The fraction of sp³-hybridized carbons (Fsp3) is 0.538. The normalized spacial score (nSPS) is 19.6. The molecule has 2 N–H and O–H groups in total. The molecule has 2 aromatic rings. The molecule has 3 heterocycles. The van der Waals surface area contributed by atoms with E-state index < -0.39 is 0 Å². The van der Waals surface area contributed by atoms with Crippen LogP contribution in [-0.4, -0.2) is 34.6 Å². The van der Waals surface area contributed by atoms with Crippen LogP contribution in [-0.2, 0) is 0 Å². The quantitative estimate of drug-likeness (QED) is 0.909. The van der Waals surface area contributed by atoms with E-state index in [-0.39, 0.29) is 0 Å². The van der Waals surface area contributed by atoms with E-state index in [0.29, 0.717) is 12.0 Å². The zero-order chi connectivity index (χ0) is 13.2. The zero-order valence-corrected chi connectivity index (χ0v) is 12.8. The number of thiophene rings is 1. The number of rotatable bonds is 3. The number of aromatic nitrogens is 2. The molecule has 0 aromatic carbocycles. The first kappa shape index (κ1) is 13.0. The SMILES string of the molecule is CNc1nc(NC2CCCSC2)c2cc(C)sc2n1. The predicted octanol–water partition coefficient (Wildman–Crippen LogP) is 3.35. The first-order chi connectivity index (χ1) is 9.26. The van der Waals surface area contributed by atoms with Crippen molar-refractivity contribution < 1.29 is 0 Å². The summed E-state index contributed by atoms with van der Waals surface area (Å²) >= 11 is 3.75. The Kier molecular flexibility index (Phi) is 3.79. The highest BCUT2D eigenvalue weighted by molar-refractivity contribution is 7.99. The van der Waals surface area contributed by atoms with Gasteiger partial charge in [0.2, 0.25) is 5.95 Å². The third-order valence-electron chi connectivity index (χ3n) is 3.24. The van der Waals surface area contributed by atoms with Crippen LogP contribution < -0.4 is 10.6 Å². The van der Waals surface area contributed by atoms with Crippen LogP contribution >= 0.6 is 23.1 Å². The average Bonchev–Trinajstić information content (AvgIpc) is 2.80. The van der Waals surface area contributed by atoms with Gasteiger partial charge in [0.15, 0.2) is 0 Å². The van der Waals surface area contributed by atoms with Gasteiger partial charge in [0.25, 0.3) is 0 Å². The lowest BCUT2D eigenvalue weighted by molar-refractivity contribution is 0.683. The highest BCUT2D eigenvalue weighted by atomic mass is 32.2. The van der Waals surface area contributed by atoms with E-state index in [1.54, 1.807) is 11.3 Å². The zero-order valence-electron chi connectivity index (χ0n) is 11.2. The van der Waals surface area contributed by atoms with Crippen molar-refractivity contribution in [3.05, 3.63) is 10.9 Å². The molecule has 19 heavy (non-hydrogen) atoms. The van der Waals surface area contributed by atoms with Crippen LogP contribution in [0.3, 0.4) is 0 Å². The summed E-state index contributed by atoms with van der Waals surface area (Å²) in [6.07, 6.45) is 2.52. The number of nitrogens with one attached hydrogen (secondary N) is 2. The second-order valence-corrected chi connectivity index (χ2v) is 7.16. The summed E-state index contributed by atoms with van der Waals surface area (Å²) in [5, 5.41) is 7.80. The molecule has 1 fully saturated rings. The summed E-state index contributed by atoms with van der Waals surface area (Å²) < 4.78 is 0. The molecule has 0 saturated carbocycles. The highest BCUT2D eigenvalue weighted by Gasteiger charge is 2.17. The lowest BCUT2D eigenvalue weighted by atomic mass is 10.2. The monoisotopic (exact) mass is 294 g/mol. The molecule has 1 aliphatic heterocycles. The minimum atomic E-state index is 0.529. The maximum absolute atomic E-state index is 4.59. The van der Waals surface area contributed by atoms with E-state index in [0.717, 1.165) is 16.0 Å². The summed E-state index contributed by atoms with van der Waals surface area (Å²) in [6.45, 7) is 2.12. The van der Waals surface area contributed by atoms with E-state index in [1.807, 2.05) is 18.8 Å². The number of anilines is 2. The Morgan fingerprint density at radius 2 is 2.26 bits per heavy atom. The van der Waals surface area contributed by atoms with Gasteiger partial charge in [0.1, 0.15) is 10.6 Å². The predicted molar refractivity (Wildman–Crippen MR) is 85.7 cm³/mol. The molecular weight excluding hydrogens is 276 g/mol. The molecule has 0 bridgehead atoms. The summed E-state index contributed by atoms with van der Waals surface area (Å²) in [4.78, 5) is 11.4. The molecule has 1 unspecified atom stereocenters. The Bertz CT molecular complexity index is 575. The maximum Gasteiger partial charge on any atom is 0.225 e. The fourth-order valence-corrected chi connectivity index (χ4v) is 4.26. The summed E-state index contributed by atoms with van der Waals surface area (Å²) in [6, 6.07) is 2.71. The molecule has 0 radical (unpaired) electrons. The summed E-state index contributed by atoms with van der Waals surface area (Å²) in [5.41, 5.74) is 0. The van der Waals surface area contributed by atoms with Gasteiger partial charge < -0.3 is 10.6 Å². The van der Waals surface area contributed by atoms with Crippen molar-refractivity contribution in [1.82, 2.24) is 9.97 Å². The van der Waals surface area contributed by atoms with Gasteiger partial charge in [-0.3, -0.25) is 0 Å². The maximum atomic E-state index is 4.59. The van der Waals surface area contributed by atoms with Crippen LogP contribution in [0.1, 0.15) is 17.7 Å². The lowest BCUT2D eigenvalue weighted by Gasteiger charge is -2.23. The molecule has 0 amide bonds. The molecule has 6 heteroatoms. The van der Waals surface area contributed by atoms with E-state index >= 15 is 0 Å². The smallest absolute Gasteiger partial charge is 0.225 e. The first-order valence-corrected chi connectivity index (χ1v) is 8.53. The van der Waals surface area contributed by atoms with Gasteiger partial charge in [-0.05, 0) is 31.6 Å². The second kappa shape index (κ2) is 5.54. The number of nitrogens with zero attached hydrogens (tertiary/aromatic N) is 2. The summed E-state index contributed by atoms with van der Waals surface area (Å²) in [5.74, 6) is 4.13. The molecule has 0 aliphatic carbocycles. The summed E-state index contributed by atoms with van der Waals surface area (Å²) in [7, 11) is 1.86. The largest absolute Gasteiger partial charge is 0.366 e. The minimum absolute atomic E-state index is 0.529. The van der Waals surface area contributed by atoms with E-state index in [4.69, 9.17) is 0 Å². The number of fused-ring (bicyclic) bond motifs is 1. The average molecular weight is 294 g/mol. The molecule has 3 rings (SSSR count).